The molecule has 9 heteroatoms. The van der Waals surface area contributed by atoms with Gasteiger partial charge in [0.15, 0.2) is 0 Å². The van der Waals surface area contributed by atoms with E-state index >= 15 is 0 Å². The molecule has 0 fully saturated rings. The van der Waals surface area contributed by atoms with E-state index in [1.54, 1.807) is 20.8 Å². The van der Waals surface area contributed by atoms with Gasteiger partial charge in [-0.25, -0.2) is 9.78 Å². The molecule has 1 heterocycles. The van der Waals surface area contributed by atoms with E-state index in [0.717, 1.165) is 0 Å². The van der Waals surface area contributed by atoms with Crippen LogP contribution in [0.4, 0.5) is 0 Å². The van der Waals surface area contributed by atoms with E-state index in [0.29, 0.717) is 0 Å². The first-order chi connectivity index (χ1) is 9.93. The minimum absolute atomic E-state index is 0.0168. The summed E-state index contributed by atoms with van der Waals surface area (Å²) in [7, 11) is -4.14. The number of hydrogen-bond acceptors (Lipinski definition) is 7. The SMILES string of the molecule is CCOC(=O)C(O)(Cn1ccnc1)P(=O)(OCC)OCC. The molecule has 120 valence electrons. The Morgan fingerprint density at radius 3 is 2.33 bits per heavy atom. The van der Waals surface area contributed by atoms with Crippen LogP contribution in [-0.4, -0.2) is 45.8 Å². The number of imidazole rings is 1. The summed E-state index contributed by atoms with van der Waals surface area (Å²) >= 11 is 0. The van der Waals surface area contributed by atoms with E-state index < -0.39 is 18.9 Å². The van der Waals surface area contributed by atoms with Gasteiger partial charge in [-0.05, 0) is 20.8 Å². The topological polar surface area (TPSA) is 99.9 Å². The van der Waals surface area contributed by atoms with Crippen LogP contribution >= 0.6 is 7.60 Å². The third kappa shape index (κ3) is 3.91. The maximum Gasteiger partial charge on any atom is 0.375 e. The average molecular weight is 320 g/mol. The fraction of sp³-hybridized carbons (Fsp3) is 0.667. The summed E-state index contributed by atoms with van der Waals surface area (Å²) in [6, 6.07) is 0. The number of rotatable bonds is 9. The molecule has 0 bridgehead atoms. The standard InChI is InChI=1S/C12H21N2O6P/c1-4-18-11(15)12(16,9-14-8-7-13-10-14)21(17,19-5-2)20-6-3/h7-8,10,16H,4-6,9H2,1-3H3. The highest BCUT2D eigenvalue weighted by Gasteiger charge is 2.57. The lowest BCUT2D eigenvalue weighted by Gasteiger charge is -2.32. The Morgan fingerprint density at radius 1 is 1.29 bits per heavy atom. The Balaban J connectivity index is 3.20. The Labute approximate surface area is 123 Å². The first kappa shape index (κ1) is 17.8. The minimum Gasteiger partial charge on any atom is -0.463 e. The van der Waals surface area contributed by atoms with Crippen molar-refractivity contribution >= 4 is 13.6 Å². The molecule has 0 aliphatic rings. The van der Waals surface area contributed by atoms with Crippen LogP contribution in [0.1, 0.15) is 20.8 Å². The molecule has 1 aromatic heterocycles. The Morgan fingerprint density at radius 2 is 1.90 bits per heavy atom. The van der Waals surface area contributed by atoms with Crippen molar-refractivity contribution < 1.29 is 28.3 Å². The molecule has 0 saturated carbocycles. The number of aliphatic hydroxyl groups is 1. The van der Waals surface area contributed by atoms with Gasteiger partial charge in [-0.2, -0.15) is 0 Å². The van der Waals surface area contributed by atoms with Crippen molar-refractivity contribution in [3.63, 3.8) is 0 Å². The van der Waals surface area contributed by atoms with E-state index in [-0.39, 0.29) is 26.4 Å². The first-order valence-corrected chi connectivity index (χ1v) is 8.22. The summed E-state index contributed by atoms with van der Waals surface area (Å²) in [5.74, 6) is -1.05. The van der Waals surface area contributed by atoms with Crippen molar-refractivity contribution in [1.29, 1.82) is 0 Å². The number of carbonyl (C=O) groups is 1. The zero-order valence-corrected chi connectivity index (χ0v) is 13.3. The van der Waals surface area contributed by atoms with Crippen LogP contribution < -0.4 is 0 Å². The van der Waals surface area contributed by atoms with Crippen LogP contribution in [0.25, 0.3) is 0 Å². The van der Waals surface area contributed by atoms with Gasteiger partial charge in [0.25, 0.3) is 5.34 Å². The average Bonchev–Trinajstić information content (AvgIpc) is 2.92. The smallest absolute Gasteiger partial charge is 0.375 e. The van der Waals surface area contributed by atoms with Crippen LogP contribution in [-0.2, 0) is 29.7 Å². The zero-order valence-electron chi connectivity index (χ0n) is 12.4. The summed E-state index contributed by atoms with van der Waals surface area (Å²) in [5.41, 5.74) is 0. The number of hydrogen-bond donors (Lipinski definition) is 1. The van der Waals surface area contributed by atoms with Gasteiger partial charge in [0.2, 0.25) is 0 Å². The molecule has 1 rings (SSSR count). The van der Waals surface area contributed by atoms with Gasteiger partial charge < -0.3 is 23.5 Å². The zero-order chi connectivity index (χ0) is 15.9. The van der Waals surface area contributed by atoms with Crippen LogP contribution in [0.15, 0.2) is 18.7 Å². The fourth-order valence-electron chi connectivity index (χ4n) is 1.74. The quantitative estimate of drug-likeness (QED) is 0.542. The second kappa shape index (κ2) is 7.70. The lowest BCUT2D eigenvalue weighted by Crippen LogP contribution is -2.45. The molecular formula is C12H21N2O6P. The van der Waals surface area contributed by atoms with E-state index in [4.69, 9.17) is 13.8 Å². The second-order valence-corrected chi connectivity index (χ2v) is 6.36. The molecule has 1 N–H and O–H groups in total. The second-order valence-electron chi connectivity index (χ2n) is 4.11. The van der Waals surface area contributed by atoms with Crippen molar-refractivity contribution in [3.05, 3.63) is 18.7 Å². The van der Waals surface area contributed by atoms with Gasteiger partial charge in [0, 0.05) is 12.4 Å². The Kier molecular flexibility index (Phi) is 6.54. The summed E-state index contributed by atoms with van der Waals surface area (Å²) in [6.07, 6.45) is 4.37. The number of aromatic nitrogens is 2. The van der Waals surface area contributed by atoms with E-state index in [1.807, 2.05) is 0 Å². The molecule has 0 aromatic carbocycles. The van der Waals surface area contributed by atoms with E-state index in [2.05, 4.69) is 4.98 Å². The molecule has 0 amide bonds. The molecule has 1 unspecified atom stereocenters. The summed E-state index contributed by atoms with van der Waals surface area (Å²) in [5, 5.41) is 8.29. The van der Waals surface area contributed by atoms with Gasteiger partial charge in [-0.1, -0.05) is 0 Å². The fourth-order valence-corrected chi connectivity index (χ4v) is 3.54. The normalized spacial score (nSPS) is 14.7. The van der Waals surface area contributed by atoms with Crippen LogP contribution in [0.3, 0.4) is 0 Å². The summed E-state index contributed by atoms with van der Waals surface area (Å²) in [4.78, 5) is 16.0. The molecule has 1 aromatic rings. The van der Waals surface area contributed by atoms with Gasteiger partial charge in [-0.15, -0.1) is 0 Å². The maximum absolute atomic E-state index is 12.8. The Bertz CT molecular complexity index is 482. The predicted molar refractivity (Wildman–Crippen MR) is 74.7 cm³/mol. The minimum atomic E-state index is -4.14. The summed E-state index contributed by atoms with van der Waals surface area (Å²) in [6.45, 7) is 4.49. The largest absolute Gasteiger partial charge is 0.463 e. The van der Waals surface area contributed by atoms with Crippen molar-refractivity contribution in [2.45, 2.75) is 32.7 Å². The molecule has 0 aliphatic carbocycles. The third-order valence-electron chi connectivity index (χ3n) is 2.62. The van der Waals surface area contributed by atoms with E-state index in [1.165, 1.54) is 23.3 Å². The molecule has 0 saturated heterocycles. The van der Waals surface area contributed by atoms with Gasteiger partial charge >= 0.3 is 13.6 Å². The first-order valence-electron chi connectivity index (χ1n) is 6.68. The monoisotopic (exact) mass is 320 g/mol. The highest BCUT2D eigenvalue weighted by atomic mass is 31.2. The van der Waals surface area contributed by atoms with Crippen molar-refractivity contribution in [1.82, 2.24) is 9.55 Å². The maximum atomic E-state index is 12.8. The summed E-state index contributed by atoms with van der Waals surface area (Å²) < 4.78 is 29.3. The number of nitrogens with zero attached hydrogens (tertiary/aromatic N) is 2. The molecule has 0 aliphatic heterocycles. The highest BCUT2D eigenvalue weighted by Crippen LogP contribution is 2.59. The predicted octanol–water partition coefficient (Wildman–Crippen LogP) is 1.40. The lowest BCUT2D eigenvalue weighted by atomic mass is 10.3. The van der Waals surface area contributed by atoms with Crippen molar-refractivity contribution in [2.24, 2.45) is 0 Å². The number of ether oxygens (including phenoxy) is 1. The van der Waals surface area contributed by atoms with Crippen LogP contribution in [0.5, 0.6) is 0 Å². The van der Waals surface area contributed by atoms with Crippen molar-refractivity contribution in [3.8, 4) is 0 Å². The molecular weight excluding hydrogens is 299 g/mol. The number of esters is 1. The molecule has 0 spiro atoms. The van der Waals surface area contributed by atoms with Gasteiger partial charge in [0.1, 0.15) is 0 Å². The van der Waals surface area contributed by atoms with Crippen LogP contribution in [0, 0.1) is 0 Å². The molecule has 8 nitrogen and oxygen atoms in total. The molecule has 21 heavy (non-hydrogen) atoms. The molecule has 0 radical (unpaired) electrons. The third-order valence-corrected chi connectivity index (χ3v) is 5.04. The number of carbonyl (C=O) groups excluding carboxylic acids is 1. The molecule has 1 atom stereocenters. The van der Waals surface area contributed by atoms with Gasteiger partial charge in [-0.3, -0.25) is 4.57 Å². The van der Waals surface area contributed by atoms with Gasteiger partial charge in [0.05, 0.1) is 32.7 Å². The highest BCUT2D eigenvalue weighted by molar-refractivity contribution is 7.56. The van der Waals surface area contributed by atoms with Crippen molar-refractivity contribution in [2.75, 3.05) is 19.8 Å². The lowest BCUT2D eigenvalue weighted by molar-refractivity contribution is -0.159. The van der Waals surface area contributed by atoms with Crippen LogP contribution in [0.2, 0.25) is 0 Å². The Hall–Kier alpha value is -1.21. The van der Waals surface area contributed by atoms with E-state index in [9.17, 15) is 14.5 Å².